The zero-order valence-electron chi connectivity index (χ0n) is 14.5. The summed E-state index contributed by atoms with van der Waals surface area (Å²) in [6.07, 6.45) is 3.38. The molecule has 4 aliphatic rings. The molecule has 2 aromatic rings. The van der Waals surface area contributed by atoms with E-state index in [0.717, 1.165) is 31.2 Å². The highest BCUT2D eigenvalue weighted by Crippen LogP contribution is 2.42. The number of carbonyl (C=O) groups excluding carboxylic acids is 2. The molecule has 4 bridgehead atoms. The minimum absolute atomic E-state index is 0.0897. The average Bonchev–Trinajstić information content (AvgIpc) is 3.13. The van der Waals surface area contributed by atoms with Gasteiger partial charge in [-0.1, -0.05) is 30.3 Å². The predicted octanol–water partition coefficient (Wildman–Crippen LogP) is 3.30. The molecule has 5 nitrogen and oxygen atoms in total. The lowest BCUT2D eigenvalue weighted by atomic mass is 9.72. The van der Waals surface area contributed by atoms with Crippen LogP contribution in [0.2, 0.25) is 0 Å². The van der Waals surface area contributed by atoms with Crippen LogP contribution in [-0.4, -0.2) is 41.4 Å². The van der Waals surface area contributed by atoms with E-state index in [0.29, 0.717) is 30.2 Å². The number of ether oxygens (including phenoxy) is 1. The van der Waals surface area contributed by atoms with E-state index in [9.17, 15) is 9.59 Å². The van der Waals surface area contributed by atoms with Crippen LogP contribution in [0.5, 0.6) is 0 Å². The number of hydrogen-bond acceptors (Lipinski definition) is 5. The van der Waals surface area contributed by atoms with Crippen molar-refractivity contribution in [3.8, 4) is 11.3 Å². The van der Waals surface area contributed by atoms with Crippen molar-refractivity contribution in [2.24, 2.45) is 5.92 Å². The van der Waals surface area contributed by atoms with E-state index in [2.05, 4.69) is 4.90 Å². The lowest BCUT2D eigenvalue weighted by Crippen LogP contribution is -2.63. The fourth-order valence-corrected chi connectivity index (χ4v) is 4.83. The Labute approximate surface area is 151 Å². The number of esters is 1. The van der Waals surface area contributed by atoms with Gasteiger partial charge in [0.05, 0.1) is 6.54 Å². The van der Waals surface area contributed by atoms with Crippen molar-refractivity contribution in [1.29, 1.82) is 0 Å². The number of rotatable bonds is 3. The summed E-state index contributed by atoms with van der Waals surface area (Å²) in [6, 6.07) is 13.9. The molecule has 26 heavy (non-hydrogen) atoms. The monoisotopic (exact) mass is 351 g/mol. The van der Waals surface area contributed by atoms with Crippen LogP contribution in [-0.2, 0) is 9.53 Å². The third-order valence-corrected chi connectivity index (χ3v) is 6.05. The third kappa shape index (κ3) is 2.67. The number of ketones is 1. The number of fused-ring (bicyclic) bond motifs is 1. The lowest BCUT2D eigenvalue weighted by molar-refractivity contribution is -0.145. The Morgan fingerprint density at radius 2 is 1.73 bits per heavy atom. The summed E-state index contributed by atoms with van der Waals surface area (Å²) in [4.78, 5) is 26.7. The quantitative estimate of drug-likeness (QED) is 0.794. The Bertz CT molecular complexity index is 827. The van der Waals surface area contributed by atoms with Crippen molar-refractivity contribution in [1.82, 2.24) is 4.90 Å². The number of Topliss-reactive ketones (excluding diaryl/α,β-unsaturated/α-hetero) is 1. The summed E-state index contributed by atoms with van der Waals surface area (Å²) in [5.74, 6) is 1.13. The number of benzene rings is 1. The summed E-state index contributed by atoms with van der Waals surface area (Å²) >= 11 is 0. The molecular weight excluding hydrogens is 330 g/mol. The van der Waals surface area contributed by atoms with Gasteiger partial charge in [-0.05, 0) is 25.0 Å². The second-order valence-corrected chi connectivity index (χ2v) is 7.64. The van der Waals surface area contributed by atoms with Gasteiger partial charge in [0.15, 0.2) is 0 Å². The minimum Gasteiger partial charge on any atom is -0.456 e. The first-order valence-electron chi connectivity index (χ1n) is 9.32. The molecule has 2 unspecified atom stereocenters. The maximum Gasteiger partial charge on any atom is 0.374 e. The molecule has 1 aromatic carbocycles. The van der Waals surface area contributed by atoms with Crippen molar-refractivity contribution in [3.63, 3.8) is 0 Å². The molecule has 1 aromatic heterocycles. The molecule has 6 rings (SSSR count). The van der Waals surface area contributed by atoms with Crippen LogP contribution in [0.25, 0.3) is 11.3 Å². The molecule has 0 aliphatic carbocycles. The fourth-order valence-electron chi connectivity index (χ4n) is 4.83. The zero-order valence-corrected chi connectivity index (χ0v) is 14.5. The number of hydrogen-bond donors (Lipinski definition) is 0. The topological polar surface area (TPSA) is 59.8 Å². The van der Waals surface area contributed by atoms with Crippen LogP contribution < -0.4 is 0 Å². The van der Waals surface area contributed by atoms with Gasteiger partial charge in [-0.3, -0.25) is 9.69 Å². The first kappa shape index (κ1) is 15.8. The Kier molecular flexibility index (Phi) is 3.71. The Morgan fingerprint density at radius 1 is 1.00 bits per heavy atom. The Morgan fingerprint density at radius 3 is 2.42 bits per heavy atom. The number of piperidine rings is 4. The van der Waals surface area contributed by atoms with Gasteiger partial charge in [0, 0.05) is 36.4 Å². The average molecular weight is 351 g/mol. The van der Waals surface area contributed by atoms with Crippen molar-refractivity contribution in [2.75, 3.05) is 6.54 Å². The van der Waals surface area contributed by atoms with Gasteiger partial charge >= 0.3 is 5.97 Å². The van der Waals surface area contributed by atoms with Crippen LogP contribution in [0.4, 0.5) is 0 Å². The highest BCUT2D eigenvalue weighted by molar-refractivity contribution is 5.87. The molecule has 4 saturated heterocycles. The van der Waals surface area contributed by atoms with E-state index >= 15 is 0 Å². The molecule has 0 radical (unpaired) electrons. The molecule has 4 fully saturated rings. The molecule has 5 heteroatoms. The first-order valence-corrected chi connectivity index (χ1v) is 9.32. The standard InChI is InChI=1S/C21H21NO4/c23-18-12-22-15-8-14(18)9-16(22)11-17(10-15)25-21(24)20-7-6-19(26-20)13-4-2-1-3-5-13/h1-7,14-17H,8-12H2. The summed E-state index contributed by atoms with van der Waals surface area (Å²) in [6.45, 7) is 0.583. The van der Waals surface area contributed by atoms with E-state index < -0.39 is 5.97 Å². The summed E-state index contributed by atoms with van der Waals surface area (Å²) in [5, 5.41) is 0. The maximum absolute atomic E-state index is 12.5. The van der Waals surface area contributed by atoms with Crippen LogP contribution in [0, 0.1) is 5.92 Å². The van der Waals surface area contributed by atoms with Gasteiger partial charge in [0.1, 0.15) is 17.6 Å². The highest BCUT2D eigenvalue weighted by atomic mass is 16.6. The van der Waals surface area contributed by atoms with Gasteiger partial charge in [-0.15, -0.1) is 0 Å². The Balaban J connectivity index is 1.26. The van der Waals surface area contributed by atoms with Crippen molar-refractivity contribution >= 4 is 11.8 Å². The van der Waals surface area contributed by atoms with E-state index in [1.165, 1.54) is 0 Å². The van der Waals surface area contributed by atoms with Gasteiger partial charge < -0.3 is 9.15 Å². The number of furan rings is 1. The highest BCUT2D eigenvalue weighted by Gasteiger charge is 2.49. The molecule has 0 saturated carbocycles. The molecule has 0 spiro atoms. The van der Waals surface area contributed by atoms with Gasteiger partial charge in [0.2, 0.25) is 5.76 Å². The number of carbonyl (C=O) groups is 2. The summed E-state index contributed by atoms with van der Waals surface area (Å²) < 4.78 is 11.5. The minimum atomic E-state index is -0.395. The molecule has 4 aliphatic heterocycles. The molecule has 2 atom stereocenters. The maximum atomic E-state index is 12.5. The predicted molar refractivity (Wildman–Crippen MR) is 94.6 cm³/mol. The lowest BCUT2D eigenvalue weighted by Gasteiger charge is -2.54. The van der Waals surface area contributed by atoms with E-state index in [1.807, 2.05) is 30.3 Å². The van der Waals surface area contributed by atoms with Gasteiger partial charge in [0.25, 0.3) is 0 Å². The zero-order chi connectivity index (χ0) is 17.7. The van der Waals surface area contributed by atoms with Crippen LogP contribution >= 0.6 is 0 Å². The molecule has 0 amide bonds. The van der Waals surface area contributed by atoms with Gasteiger partial charge in [-0.25, -0.2) is 4.79 Å². The van der Waals surface area contributed by atoms with E-state index in [1.54, 1.807) is 12.1 Å². The normalized spacial score (nSPS) is 32.5. The van der Waals surface area contributed by atoms with E-state index in [-0.39, 0.29) is 17.8 Å². The van der Waals surface area contributed by atoms with Crippen molar-refractivity contribution in [3.05, 3.63) is 48.2 Å². The SMILES string of the molecule is O=C(OC1CC2CC3CC(C1)N2CC3=O)c1ccc(-c2ccccc2)o1. The molecule has 5 heterocycles. The van der Waals surface area contributed by atoms with Crippen molar-refractivity contribution in [2.45, 2.75) is 43.9 Å². The van der Waals surface area contributed by atoms with Crippen molar-refractivity contribution < 1.29 is 18.7 Å². The second kappa shape index (κ2) is 6.09. The smallest absolute Gasteiger partial charge is 0.374 e. The molecule has 0 N–H and O–H groups in total. The third-order valence-electron chi connectivity index (χ3n) is 6.05. The molecule has 134 valence electrons. The second-order valence-electron chi connectivity index (χ2n) is 7.64. The van der Waals surface area contributed by atoms with Gasteiger partial charge in [-0.2, -0.15) is 0 Å². The van der Waals surface area contributed by atoms with E-state index in [4.69, 9.17) is 9.15 Å². The van der Waals surface area contributed by atoms with Crippen LogP contribution in [0.15, 0.2) is 46.9 Å². The van der Waals surface area contributed by atoms with Crippen LogP contribution in [0.3, 0.4) is 0 Å². The number of nitrogens with zero attached hydrogens (tertiary/aromatic N) is 1. The summed E-state index contributed by atoms with van der Waals surface area (Å²) in [5.41, 5.74) is 0.937. The van der Waals surface area contributed by atoms with Crippen LogP contribution in [0.1, 0.15) is 36.2 Å². The first-order chi connectivity index (χ1) is 12.7. The Hall–Kier alpha value is -2.40. The largest absolute Gasteiger partial charge is 0.456 e. The fraction of sp³-hybridized carbons (Fsp3) is 0.429. The molecular formula is C21H21NO4. The summed E-state index contributed by atoms with van der Waals surface area (Å²) in [7, 11) is 0.